The highest BCUT2D eigenvalue weighted by atomic mass is 16.6. The molecule has 0 aromatic carbocycles. The number of carboxylic acids is 1. The van der Waals surface area contributed by atoms with Gasteiger partial charge in [-0.1, -0.05) is 0 Å². The molecule has 0 bridgehead atoms. The van der Waals surface area contributed by atoms with Gasteiger partial charge in [0.2, 0.25) is 0 Å². The van der Waals surface area contributed by atoms with E-state index in [0.29, 0.717) is 6.54 Å². The molecule has 0 radical (unpaired) electrons. The quantitative estimate of drug-likeness (QED) is 0.596. The van der Waals surface area contributed by atoms with Crippen molar-refractivity contribution in [3.8, 4) is 0 Å². The van der Waals surface area contributed by atoms with Crippen LogP contribution >= 0.6 is 0 Å². The summed E-state index contributed by atoms with van der Waals surface area (Å²) < 4.78 is 1.43. The van der Waals surface area contributed by atoms with Crippen LogP contribution in [0.3, 0.4) is 0 Å². The monoisotopic (exact) mass is 281 g/mol. The topological polar surface area (TPSA) is 114 Å². The van der Waals surface area contributed by atoms with Gasteiger partial charge in [-0.25, -0.2) is 4.79 Å². The number of nitrogens with zero attached hydrogens (tertiary/aromatic N) is 2. The first-order chi connectivity index (χ1) is 9.43. The second-order valence-electron chi connectivity index (χ2n) is 4.75. The molecule has 1 fully saturated rings. The summed E-state index contributed by atoms with van der Waals surface area (Å²) in [4.78, 5) is 33.3. The van der Waals surface area contributed by atoms with Crippen molar-refractivity contribution in [2.75, 3.05) is 0 Å². The third-order valence-electron chi connectivity index (χ3n) is 3.31. The Labute approximate surface area is 114 Å². The van der Waals surface area contributed by atoms with Crippen LogP contribution in [0.5, 0.6) is 0 Å². The van der Waals surface area contributed by atoms with Crippen LogP contribution in [0.25, 0.3) is 0 Å². The van der Waals surface area contributed by atoms with Crippen molar-refractivity contribution in [1.82, 2.24) is 9.88 Å². The average Bonchev–Trinajstić information content (AvgIpc) is 3.12. The molecule has 1 heterocycles. The third kappa shape index (κ3) is 2.79. The molecule has 1 aliphatic rings. The Morgan fingerprint density at radius 3 is 2.70 bits per heavy atom. The Balaban J connectivity index is 2.19. The van der Waals surface area contributed by atoms with E-state index < -0.39 is 22.8 Å². The lowest BCUT2D eigenvalue weighted by Crippen LogP contribution is -2.42. The number of amides is 1. The fourth-order valence-electron chi connectivity index (χ4n) is 2.07. The van der Waals surface area contributed by atoms with Crippen molar-refractivity contribution in [3.63, 3.8) is 0 Å². The molecule has 20 heavy (non-hydrogen) atoms. The number of hydrogen-bond acceptors (Lipinski definition) is 4. The third-order valence-corrected chi connectivity index (χ3v) is 3.31. The lowest BCUT2D eigenvalue weighted by molar-refractivity contribution is -0.384. The molecule has 8 nitrogen and oxygen atoms in total. The normalized spacial score (nSPS) is 15.7. The molecule has 0 aliphatic heterocycles. The van der Waals surface area contributed by atoms with E-state index in [1.807, 2.05) is 0 Å². The van der Waals surface area contributed by atoms with E-state index in [-0.39, 0.29) is 17.3 Å². The van der Waals surface area contributed by atoms with E-state index in [4.69, 9.17) is 5.11 Å². The summed E-state index contributed by atoms with van der Waals surface area (Å²) in [5, 5.41) is 22.2. The molecule has 2 N–H and O–H groups in total. The van der Waals surface area contributed by atoms with Gasteiger partial charge in [-0.3, -0.25) is 14.9 Å². The lowest BCUT2D eigenvalue weighted by Gasteiger charge is -2.14. The van der Waals surface area contributed by atoms with Gasteiger partial charge in [0.25, 0.3) is 11.6 Å². The number of rotatable bonds is 6. The maximum atomic E-state index is 12.1. The summed E-state index contributed by atoms with van der Waals surface area (Å²) >= 11 is 0. The number of hydrogen-bond donors (Lipinski definition) is 2. The molecule has 8 heteroatoms. The highest BCUT2D eigenvalue weighted by molar-refractivity contribution is 5.96. The number of carbonyl (C=O) groups excluding carboxylic acids is 1. The van der Waals surface area contributed by atoms with Crippen LogP contribution in [0.15, 0.2) is 12.3 Å². The highest BCUT2D eigenvalue weighted by Crippen LogP contribution is 2.33. The molecule has 1 unspecified atom stereocenters. The minimum atomic E-state index is -1.08. The Morgan fingerprint density at radius 2 is 2.25 bits per heavy atom. The first kappa shape index (κ1) is 14.0. The number of aryl methyl sites for hydroxylation is 1. The van der Waals surface area contributed by atoms with Gasteiger partial charge in [-0.15, -0.1) is 0 Å². The summed E-state index contributed by atoms with van der Waals surface area (Å²) in [5.74, 6) is -1.72. The fourth-order valence-corrected chi connectivity index (χ4v) is 2.07. The molecule has 1 aromatic heterocycles. The Bertz CT molecular complexity index is 561. The molecular weight excluding hydrogens is 266 g/mol. The molecule has 108 valence electrons. The molecule has 2 rings (SSSR count). The fraction of sp³-hybridized carbons (Fsp3) is 0.500. The average molecular weight is 281 g/mol. The van der Waals surface area contributed by atoms with E-state index in [2.05, 4.69) is 5.32 Å². The van der Waals surface area contributed by atoms with Crippen LogP contribution in [0.1, 0.15) is 30.3 Å². The SMILES string of the molecule is CCn1cc([N+](=O)[O-])cc1C(=O)NC(C(=O)O)C1CC1. The van der Waals surface area contributed by atoms with Gasteiger partial charge in [0.05, 0.1) is 11.1 Å². The standard InChI is InChI=1S/C12H15N3O5/c1-2-14-6-8(15(19)20)5-9(14)11(16)13-10(12(17)18)7-3-4-7/h5-7,10H,2-4H2,1H3,(H,13,16)(H,17,18). The van der Waals surface area contributed by atoms with Crippen molar-refractivity contribution in [1.29, 1.82) is 0 Å². The Morgan fingerprint density at radius 1 is 1.60 bits per heavy atom. The molecular formula is C12H15N3O5. The smallest absolute Gasteiger partial charge is 0.326 e. The number of nitro groups is 1. The second kappa shape index (κ2) is 5.32. The van der Waals surface area contributed by atoms with Crippen molar-refractivity contribution in [3.05, 3.63) is 28.1 Å². The van der Waals surface area contributed by atoms with Crippen molar-refractivity contribution >= 4 is 17.6 Å². The first-order valence-electron chi connectivity index (χ1n) is 6.32. The van der Waals surface area contributed by atoms with Gasteiger partial charge in [-0.05, 0) is 25.7 Å². The van der Waals surface area contributed by atoms with Crippen molar-refractivity contribution in [2.45, 2.75) is 32.4 Å². The summed E-state index contributed by atoms with van der Waals surface area (Å²) in [6.07, 6.45) is 2.81. The number of carboxylic acid groups (broad SMARTS) is 1. The zero-order chi connectivity index (χ0) is 14.9. The van der Waals surface area contributed by atoms with Gasteiger partial charge < -0.3 is 15.0 Å². The minimum absolute atomic E-state index is 0.0449. The number of nitrogens with one attached hydrogen (secondary N) is 1. The van der Waals surface area contributed by atoms with E-state index in [9.17, 15) is 19.7 Å². The second-order valence-corrected chi connectivity index (χ2v) is 4.75. The van der Waals surface area contributed by atoms with Crippen LogP contribution in [0.4, 0.5) is 5.69 Å². The minimum Gasteiger partial charge on any atom is -0.480 e. The number of aromatic nitrogens is 1. The van der Waals surface area contributed by atoms with E-state index >= 15 is 0 Å². The van der Waals surface area contributed by atoms with Crippen molar-refractivity contribution < 1.29 is 19.6 Å². The zero-order valence-corrected chi connectivity index (χ0v) is 10.9. The predicted octanol–water partition coefficient (Wildman–Crippen LogP) is 1.01. The summed E-state index contributed by atoms with van der Waals surface area (Å²) in [6.45, 7) is 2.13. The number of aliphatic carboxylic acids is 1. The van der Waals surface area contributed by atoms with Crippen LogP contribution < -0.4 is 5.32 Å². The number of carbonyl (C=O) groups is 2. The summed E-state index contributed by atoms with van der Waals surface area (Å²) in [7, 11) is 0. The Hall–Kier alpha value is -2.38. The zero-order valence-electron chi connectivity index (χ0n) is 10.9. The molecule has 1 amide bonds. The largest absolute Gasteiger partial charge is 0.480 e. The molecule has 1 aliphatic carbocycles. The molecule has 1 saturated carbocycles. The molecule has 1 aromatic rings. The van der Waals surface area contributed by atoms with E-state index in [0.717, 1.165) is 18.9 Å². The van der Waals surface area contributed by atoms with E-state index in [1.165, 1.54) is 10.8 Å². The van der Waals surface area contributed by atoms with Gasteiger partial charge in [0.1, 0.15) is 11.7 Å². The lowest BCUT2D eigenvalue weighted by atomic mass is 10.2. The van der Waals surface area contributed by atoms with Gasteiger partial charge in [0, 0.05) is 12.6 Å². The van der Waals surface area contributed by atoms with Crippen LogP contribution in [-0.2, 0) is 11.3 Å². The maximum absolute atomic E-state index is 12.1. The summed E-state index contributed by atoms with van der Waals surface area (Å²) in [6, 6.07) is 0.228. The van der Waals surface area contributed by atoms with E-state index in [1.54, 1.807) is 6.92 Å². The molecule has 0 saturated heterocycles. The first-order valence-corrected chi connectivity index (χ1v) is 6.32. The summed E-state index contributed by atoms with van der Waals surface area (Å²) in [5.41, 5.74) is -0.0820. The Kier molecular flexibility index (Phi) is 3.73. The highest BCUT2D eigenvalue weighted by Gasteiger charge is 2.37. The van der Waals surface area contributed by atoms with Crippen LogP contribution in [0.2, 0.25) is 0 Å². The maximum Gasteiger partial charge on any atom is 0.326 e. The predicted molar refractivity (Wildman–Crippen MR) is 68.4 cm³/mol. The molecule has 1 atom stereocenters. The van der Waals surface area contributed by atoms with Crippen LogP contribution in [-0.4, -0.2) is 32.5 Å². The van der Waals surface area contributed by atoms with Gasteiger partial charge >= 0.3 is 5.97 Å². The van der Waals surface area contributed by atoms with Crippen LogP contribution in [0, 0.1) is 16.0 Å². The molecule has 0 spiro atoms. The van der Waals surface area contributed by atoms with Gasteiger partial charge in [0.15, 0.2) is 0 Å². The van der Waals surface area contributed by atoms with Crippen molar-refractivity contribution in [2.24, 2.45) is 5.92 Å². The van der Waals surface area contributed by atoms with Gasteiger partial charge in [-0.2, -0.15) is 0 Å².